The molecule has 0 heterocycles. The van der Waals surface area contributed by atoms with Gasteiger partial charge < -0.3 is 0 Å². The second-order valence-corrected chi connectivity index (χ2v) is 6.31. The third-order valence-electron chi connectivity index (χ3n) is 4.72. The molecule has 0 N–H and O–H groups in total. The quantitative estimate of drug-likeness (QED) is 0.358. The van der Waals surface area contributed by atoms with Crippen LogP contribution in [0.15, 0.2) is 0 Å². The first-order valence-electron chi connectivity index (χ1n) is 8.69. The van der Waals surface area contributed by atoms with Gasteiger partial charge in [0, 0.05) is 0 Å². The predicted molar refractivity (Wildman–Crippen MR) is 85.0 cm³/mol. The van der Waals surface area contributed by atoms with Gasteiger partial charge in [0.05, 0.1) is 0 Å². The van der Waals surface area contributed by atoms with Gasteiger partial charge in [-0.25, -0.2) is 0 Å². The standard InChI is InChI=1S/C18H38/c1-6-10-13-18(16(5)9-4)15-14-17(11-7-2)12-8-3/h16-18H,6-15H2,1-5H3. The van der Waals surface area contributed by atoms with Crippen LogP contribution in [0.1, 0.15) is 98.8 Å². The van der Waals surface area contributed by atoms with Gasteiger partial charge in [0.15, 0.2) is 0 Å². The van der Waals surface area contributed by atoms with E-state index in [1.165, 1.54) is 64.2 Å². The van der Waals surface area contributed by atoms with Gasteiger partial charge in [-0.15, -0.1) is 0 Å². The lowest BCUT2D eigenvalue weighted by Crippen LogP contribution is -2.13. The first-order valence-corrected chi connectivity index (χ1v) is 8.69. The molecule has 0 aromatic rings. The minimum atomic E-state index is 0.931. The molecule has 0 spiro atoms. The lowest BCUT2D eigenvalue weighted by atomic mass is 9.81. The van der Waals surface area contributed by atoms with Crippen molar-refractivity contribution in [3.05, 3.63) is 0 Å². The van der Waals surface area contributed by atoms with Crippen LogP contribution < -0.4 is 0 Å². The monoisotopic (exact) mass is 254 g/mol. The molecule has 0 aliphatic carbocycles. The van der Waals surface area contributed by atoms with Crippen molar-refractivity contribution in [3.63, 3.8) is 0 Å². The normalized spacial score (nSPS) is 15.0. The molecule has 0 amide bonds. The summed E-state index contributed by atoms with van der Waals surface area (Å²) in [6, 6.07) is 0. The van der Waals surface area contributed by atoms with E-state index >= 15 is 0 Å². The molecule has 18 heavy (non-hydrogen) atoms. The Hall–Kier alpha value is 0. The van der Waals surface area contributed by atoms with E-state index in [4.69, 9.17) is 0 Å². The highest BCUT2D eigenvalue weighted by Gasteiger charge is 2.17. The summed E-state index contributed by atoms with van der Waals surface area (Å²) in [7, 11) is 0. The van der Waals surface area contributed by atoms with E-state index in [0.717, 1.165) is 17.8 Å². The number of hydrogen-bond acceptors (Lipinski definition) is 0. The lowest BCUT2D eigenvalue weighted by Gasteiger charge is -2.25. The summed E-state index contributed by atoms with van der Waals surface area (Å²) in [6.07, 6.45) is 14.2. The van der Waals surface area contributed by atoms with Crippen molar-refractivity contribution in [1.29, 1.82) is 0 Å². The first-order chi connectivity index (χ1) is 8.69. The molecule has 0 aromatic heterocycles. The zero-order valence-corrected chi connectivity index (χ0v) is 13.8. The van der Waals surface area contributed by atoms with E-state index in [1.807, 2.05) is 0 Å². The van der Waals surface area contributed by atoms with Crippen LogP contribution in [0.2, 0.25) is 0 Å². The molecule has 0 rings (SSSR count). The molecule has 0 saturated carbocycles. The molecule has 0 heteroatoms. The number of unbranched alkanes of at least 4 members (excludes halogenated alkanes) is 1. The van der Waals surface area contributed by atoms with Crippen LogP contribution in [0.4, 0.5) is 0 Å². The van der Waals surface area contributed by atoms with Gasteiger partial charge in [0.2, 0.25) is 0 Å². The summed E-state index contributed by atoms with van der Waals surface area (Å²) in [4.78, 5) is 0. The fourth-order valence-corrected chi connectivity index (χ4v) is 3.21. The van der Waals surface area contributed by atoms with Gasteiger partial charge in [0.25, 0.3) is 0 Å². The maximum absolute atomic E-state index is 2.47. The molecule has 2 atom stereocenters. The largest absolute Gasteiger partial charge is 0.0654 e. The second-order valence-electron chi connectivity index (χ2n) is 6.31. The predicted octanol–water partition coefficient (Wildman–Crippen LogP) is 6.84. The molecular formula is C18H38. The molecule has 0 bridgehead atoms. The van der Waals surface area contributed by atoms with Crippen molar-refractivity contribution in [2.75, 3.05) is 0 Å². The van der Waals surface area contributed by atoms with Crippen molar-refractivity contribution in [2.24, 2.45) is 17.8 Å². The Morgan fingerprint density at radius 2 is 1.28 bits per heavy atom. The van der Waals surface area contributed by atoms with Crippen molar-refractivity contribution in [3.8, 4) is 0 Å². The van der Waals surface area contributed by atoms with E-state index in [1.54, 1.807) is 0 Å². The fourth-order valence-electron chi connectivity index (χ4n) is 3.21. The van der Waals surface area contributed by atoms with Crippen molar-refractivity contribution in [2.45, 2.75) is 98.8 Å². The van der Waals surface area contributed by atoms with Gasteiger partial charge in [-0.1, -0.05) is 92.4 Å². The highest BCUT2D eigenvalue weighted by molar-refractivity contribution is 4.69. The molecule has 0 aliphatic rings. The third-order valence-corrected chi connectivity index (χ3v) is 4.72. The summed E-state index contributed by atoms with van der Waals surface area (Å²) in [5.41, 5.74) is 0. The van der Waals surface area contributed by atoms with E-state index in [9.17, 15) is 0 Å². The van der Waals surface area contributed by atoms with Crippen molar-refractivity contribution in [1.82, 2.24) is 0 Å². The maximum Gasteiger partial charge on any atom is -0.0388 e. The topological polar surface area (TPSA) is 0 Å². The SMILES string of the molecule is CCCCC(CCC(CCC)CCC)C(C)CC. The Balaban J connectivity index is 4.11. The molecule has 0 fully saturated rings. The summed E-state index contributed by atoms with van der Waals surface area (Å²) in [5.74, 6) is 2.93. The zero-order chi connectivity index (χ0) is 13.8. The van der Waals surface area contributed by atoms with Crippen LogP contribution in [0.3, 0.4) is 0 Å². The van der Waals surface area contributed by atoms with Gasteiger partial charge in [-0.05, 0) is 24.2 Å². The zero-order valence-electron chi connectivity index (χ0n) is 13.8. The van der Waals surface area contributed by atoms with Crippen molar-refractivity contribution >= 4 is 0 Å². The smallest absolute Gasteiger partial charge is 0.0388 e. The average Bonchev–Trinajstić information content (AvgIpc) is 2.38. The van der Waals surface area contributed by atoms with Gasteiger partial charge in [-0.2, -0.15) is 0 Å². The molecule has 2 unspecified atom stereocenters. The number of hydrogen-bond donors (Lipinski definition) is 0. The summed E-state index contributed by atoms with van der Waals surface area (Å²) in [6.45, 7) is 11.8. The Morgan fingerprint density at radius 3 is 1.72 bits per heavy atom. The lowest BCUT2D eigenvalue weighted by molar-refractivity contribution is 0.264. The summed E-state index contributed by atoms with van der Waals surface area (Å²) < 4.78 is 0. The Labute approximate surface area is 117 Å². The van der Waals surface area contributed by atoms with Crippen molar-refractivity contribution < 1.29 is 0 Å². The molecule has 0 saturated heterocycles. The van der Waals surface area contributed by atoms with Gasteiger partial charge >= 0.3 is 0 Å². The molecule has 0 radical (unpaired) electrons. The average molecular weight is 255 g/mol. The maximum atomic E-state index is 2.47. The van der Waals surface area contributed by atoms with Crippen LogP contribution in [0.25, 0.3) is 0 Å². The van der Waals surface area contributed by atoms with Gasteiger partial charge in [-0.3, -0.25) is 0 Å². The Kier molecular flexibility index (Phi) is 12.1. The van der Waals surface area contributed by atoms with Crippen LogP contribution >= 0.6 is 0 Å². The molecular weight excluding hydrogens is 216 g/mol. The highest BCUT2D eigenvalue weighted by atomic mass is 14.2. The molecule has 110 valence electrons. The minimum absolute atomic E-state index is 0.931. The molecule has 0 nitrogen and oxygen atoms in total. The fraction of sp³-hybridized carbons (Fsp3) is 1.00. The van der Waals surface area contributed by atoms with Crippen LogP contribution in [-0.4, -0.2) is 0 Å². The first kappa shape index (κ1) is 18.0. The molecule has 0 aromatic carbocycles. The van der Waals surface area contributed by atoms with E-state index in [-0.39, 0.29) is 0 Å². The van der Waals surface area contributed by atoms with E-state index in [0.29, 0.717) is 0 Å². The van der Waals surface area contributed by atoms with Gasteiger partial charge in [0.1, 0.15) is 0 Å². The van der Waals surface area contributed by atoms with E-state index < -0.39 is 0 Å². The summed E-state index contributed by atoms with van der Waals surface area (Å²) in [5, 5.41) is 0. The minimum Gasteiger partial charge on any atom is -0.0654 e. The highest BCUT2D eigenvalue weighted by Crippen LogP contribution is 2.30. The van der Waals surface area contributed by atoms with Crippen LogP contribution in [0, 0.1) is 17.8 Å². The van der Waals surface area contributed by atoms with Crippen LogP contribution in [-0.2, 0) is 0 Å². The third kappa shape index (κ3) is 8.16. The molecule has 0 aliphatic heterocycles. The van der Waals surface area contributed by atoms with E-state index in [2.05, 4.69) is 34.6 Å². The number of rotatable bonds is 12. The Bertz CT molecular complexity index is 155. The Morgan fingerprint density at radius 1 is 0.667 bits per heavy atom. The second kappa shape index (κ2) is 12.1. The summed E-state index contributed by atoms with van der Waals surface area (Å²) >= 11 is 0. The van der Waals surface area contributed by atoms with Crippen LogP contribution in [0.5, 0.6) is 0 Å².